The highest BCUT2D eigenvalue weighted by Gasteiger charge is 2.17. The third-order valence-corrected chi connectivity index (χ3v) is 7.38. The molecule has 0 amide bonds. The van der Waals surface area contributed by atoms with Gasteiger partial charge in [-0.3, -0.25) is 0 Å². The number of rotatable bonds is 12. The second-order valence-electron chi connectivity index (χ2n) is 10.6. The van der Waals surface area contributed by atoms with Crippen molar-refractivity contribution in [2.75, 3.05) is 50.2 Å². The van der Waals surface area contributed by atoms with Crippen molar-refractivity contribution in [3.05, 3.63) is 35.9 Å². The molecule has 0 saturated carbocycles. The van der Waals surface area contributed by atoms with Crippen LogP contribution in [0.1, 0.15) is 56.6 Å². The molecule has 0 unspecified atom stereocenters. The minimum Gasteiger partial charge on any atom is -0.486 e. The Balaban J connectivity index is 0.897. The number of hydrogen-bond donors (Lipinski definition) is 2. The number of fused-ring (bicyclic) bond motifs is 4. The van der Waals surface area contributed by atoms with Crippen LogP contribution >= 0.6 is 0 Å². The van der Waals surface area contributed by atoms with Gasteiger partial charge in [0.2, 0.25) is 0 Å². The fourth-order valence-corrected chi connectivity index (χ4v) is 5.38. The fraction of sp³-hybridized carbons (Fsp3) is 0.484. The number of benzene rings is 2. The molecule has 10 heteroatoms. The monoisotopic (exact) mass is 558 g/mol. The van der Waals surface area contributed by atoms with Gasteiger partial charge in [0.15, 0.2) is 23.0 Å². The summed E-state index contributed by atoms with van der Waals surface area (Å²) in [5, 5.41) is 8.99. The molecule has 0 spiro atoms. The fourth-order valence-electron chi connectivity index (χ4n) is 5.38. The predicted molar refractivity (Wildman–Crippen MR) is 160 cm³/mol. The lowest BCUT2D eigenvalue weighted by Crippen LogP contribution is -2.15. The van der Waals surface area contributed by atoms with E-state index in [1.165, 1.54) is 32.1 Å². The molecule has 4 aromatic rings. The minimum atomic E-state index is 0.566. The molecule has 2 aromatic carbocycles. The first-order valence-corrected chi connectivity index (χ1v) is 14.8. The van der Waals surface area contributed by atoms with E-state index in [2.05, 4.69) is 30.6 Å². The van der Waals surface area contributed by atoms with Crippen LogP contribution in [0.4, 0.5) is 11.6 Å². The van der Waals surface area contributed by atoms with Gasteiger partial charge in [0, 0.05) is 36.0 Å². The summed E-state index contributed by atoms with van der Waals surface area (Å²) >= 11 is 0. The van der Waals surface area contributed by atoms with Crippen molar-refractivity contribution in [1.29, 1.82) is 0 Å². The van der Waals surface area contributed by atoms with E-state index in [9.17, 15) is 0 Å². The molecule has 41 heavy (non-hydrogen) atoms. The molecular weight excluding hydrogens is 520 g/mol. The zero-order valence-corrected chi connectivity index (χ0v) is 23.9. The summed E-state index contributed by atoms with van der Waals surface area (Å²) in [4.78, 5) is 18.5. The van der Waals surface area contributed by atoms with E-state index in [1.807, 2.05) is 38.1 Å². The van der Waals surface area contributed by atoms with Gasteiger partial charge in [-0.1, -0.05) is 32.1 Å². The SMILES string of the molecule is Cc1nc(NCCCCCCCCCNc2nc(C)nc3cc4c(cc23)OCCO4)c2cc3c(cc2n1)OCCO3. The summed E-state index contributed by atoms with van der Waals surface area (Å²) in [5.41, 5.74) is 1.76. The number of nitrogens with zero attached hydrogens (tertiary/aromatic N) is 4. The zero-order chi connectivity index (χ0) is 28.0. The van der Waals surface area contributed by atoms with Crippen LogP contribution in [0.25, 0.3) is 21.8 Å². The number of ether oxygens (including phenoxy) is 4. The average molecular weight is 559 g/mol. The van der Waals surface area contributed by atoms with Crippen molar-refractivity contribution in [2.24, 2.45) is 0 Å². The van der Waals surface area contributed by atoms with Crippen molar-refractivity contribution >= 4 is 33.4 Å². The smallest absolute Gasteiger partial charge is 0.163 e. The molecule has 0 fully saturated rings. The number of unbranched alkanes of at least 4 members (excludes halogenated alkanes) is 6. The maximum Gasteiger partial charge on any atom is 0.163 e. The van der Waals surface area contributed by atoms with E-state index < -0.39 is 0 Å². The highest BCUT2D eigenvalue weighted by atomic mass is 16.6. The van der Waals surface area contributed by atoms with Crippen LogP contribution in [-0.2, 0) is 0 Å². The summed E-state index contributed by atoms with van der Waals surface area (Å²) in [6, 6.07) is 7.88. The van der Waals surface area contributed by atoms with Crippen LogP contribution < -0.4 is 29.6 Å². The highest BCUT2D eigenvalue weighted by Crippen LogP contribution is 2.37. The average Bonchev–Trinajstić information content (AvgIpc) is 2.97. The van der Waals surface area contributed by atoms with E-state index in [4.69, 9.17) is 18.9 Å². The molecular formula is C31H38N6O4. The molecule has 216 valence electrons. The Labute approximate surface area is 240 Å². The highest BCUT2D eigenvalue weighted by molar-refractivity contribution is 5.92. The van der Waals surface area contributed by atoms with Crippen molar-refractivity contribution in [3.63, 3.8) is 0 Å². The summed E-state index contributed by atoms with van der Waals surface area (Å²) in [6.45, 7) is 7.88. The minimum absolute atomic E-state index is 0.566. The Morgan fingerprint density at radius 2 is 0.878 bits per heavy atom. The number of anilines is 2. The molecule has 4 heterocycles. The Kier molecular flexibility index (Phi) is 8.34. The van der Waals surface area contributed by atoms with Gasteiger partial charge in [0.25, 0.3) is 0 Å². The number of nitrogens with one attached hydrogen (secondary N) is 2. The van der Waals surface area contributed by atoms with E-state index in [-0.39, 0.29) is 0 Å². The Morgan fingerprint density at radius 1 is 0.512 bits per heavy atom. The summed E-state index contributed by atoms with van der Waals surface area (Å²) in [5.74, 6) is 6.26. The molecule has 0 aliphatic carbocycles. The van der Waals surface area contributed by atoms with Crippen molar-refractivity contribution in [1.82, 2.24) is 19.9 Å². The first-order valence-electron chi connectivity index (χ1n) is 14.8. The molecule has 0 atom stereocenters. The summed E-state index contributed by atoms with van der Waals surface area (Å²) in [6.07, 6.45) is 8.33. The number of hydrogen-bond acceptors (Lipinski definition) is 10. The van der Waals surface area contributed by atoms with Crippen LogP contribution in [0.5, 0.6) is 23.0 Å². The lowest BCUT2D eigenvalue weighted by atomic mass is 10.1. The molecule has 0 radical (unpaired) electrons. The van der Waals surface area contributed by atoms with E-state index in [0.717, 1.165) is 94.0 Å². The van der Waals surface area contributed by atoms with Gasteiger partial charge < -0.3 is 29.6 Å². The third-order valence-electron chi connectivity index (χ3n) is 7.38. The molecule has 2 aromatic heterocycles. The van der Waals surface area contributed by atoms with E-state index in [1.54, 1.807) is 0 Å². The normalized spacial score (nSPS) is 13.9. The van der Waals surface area contributed by atoms with Crippen molar-refractivity contribution in [2.45, 2.75) is 58.8 Å². The quantitative estimate of drug-likeness (QED) is 0.201. The first-order chi connectivity index (χ1) is 20.1. The van der Waals surface area contributed by atoms with Crippen LogP contribution in [0.2, 0.25) is 0 Å². The number of aromatic nitrogens is 4. The van der Waals surface area contributed by atoms with Gasteiger partial charge in [-0.2, -0.15) is 0 Å². The van der Waals surface area contributed by atoms with Gasteiger partial charge in [-0.15, -0.1) is 0 Å². The Hall–Kier alpha value is -4.08. The van der Waals surface area contributed by atoms with Crippen molar-refractivity contribution < 1.29 is 18.9 Å². The molecule has 2 aliphatic heterocycles. The van der Waals surface area contributed by atoms with Gasteiger partial charge in [-0.05, 0) is 38.8 Å². The van der Waals surface area contributed by atoms with E-state index in [0.29, 0.717) is 26.4 Å². The van der Waals surface area contributed by atoms with Gasteiger partial charge in [0.1, 0.15) is 49.7 Å². The second-order valence-corrected chi connectivity index (χ2v) is 10.6. The Bertz CT molecular complexity index is 1420. The third kappa shape index (κ3) is 6.47. The Morgan fingerprint density at radius 3 is 1.29 bits per heavy atom. The van der Waals surface area contributed by atoms with Crippen LogP contribution in [-0.4, -0.2) is 59.5 Å². The second kappa shape index (κ2) is 12.6. The van der Waals surface area contributed by atoms with Gasteiger partial charge in [-0.25, -0.2) is 19.9 Å². The number of aryl methyl sites for hydroxylation is 2. The van der Waals surface area contributed by atoms with Gasteiger partial charge >= 0.3 is 0 Å². The first kappa shape index (κ1) is 27.1. The molecule has 2 N–H and O–H groups in total. The molecule has 10 nitrogen and oxygen atoms in total. The maximum atomic E-state index is 5.76. The summed E-state index contributed by atoms with van der Waals surface area (Å²) in [7, 11) is 0. The topological polar surface area (TPSA) is 113 Å². The maximum absolute atomic E-state index is 5.76. The van der Waals surface area contributed by atoms with E-state index >= 15 is 0 Å². The van der Waals surface area contributed by atoms with Crippen LogP contribution in [0.15, 0.2) is 24.3 Å². The molecule has 6 rings (SSSR count). The summed E-state index contributed by atoms with van der Waals surface area (Å²) < 4.78 is 22.9. The molecule has 0 saturated heterocycles. The lowest BCUT2D eigenvalue weighted by molar-refractivity contribution is 0.172. The van der Waals surface area contributed by atoms with Gasteiger partial charge in [0.05, 0.1) is 11.0 Å². The molecule has 0 bridgehead atoms. The van der Waals surface area contributed by atoms with Crippen LogP contribution in [0, 0.1) is 13.8 Å². The standard InChI is InChI=1S/C31H38N6O4/c1-20-34-24-18-28-26(38-12-14-40-28)16-22(24)30(36-20)32-10-8-6-4-3-5-7-9-11-33-31-23-17-27-29(41-15-13-39-27)19-25(23)35-21(2)37-31/h16-19H,3-15H2,1-2H3,(H,32,34,36)(H,33,35,37). The zero-order valence-electron chi connectivity index (χ0n) is 23.9. The van der Waals surface area contributed by atoms with Crippen molar-refractivity contribution in [3.8, 4) is 23.0 Å². The predicted octanol–water partition coefficient (Wildman–Crippen LogP) is 5.99. The molecule has 2 aliphatic rings. The largest absolute Gasteiger partial charge is 0.486 e. The van der Waals surface area contributed by atoms with Crippen LogP contribution in [0.3, 0.4) is 0 Å². The lowest BCUT2D eigenvalue weighted by Gasteiger charge is -2.19.